The highest BCUT2D eigenvalue weighted by atomic mass is 19.4. The number of alkyl halides is 6. The van der Waals surface area contributed by atoms with Crippen molar-refractivity contribution in [2.45, 2.75) is 12.5 Å². The number of halogens is 6. The van der Waals surface area contributed by atoms with Crippen molar-refractivity contribution in [3.05, 3.63) is 42.4 Å². The van der Waals surface area contributed by atoms with Crippen molar-refractivity contribution in [1.82, 2.24) is 14.6 Å². The van der Waals surface area contributed by atoms with Gasteiger partial charge in [-0.2, -0.15) is 13.2 Å². The molecule has 0 saturated heterocycles. The van der Waals surface area contributed by atoms with Crippen LogP contribution in [0.3, 0.4) is 0 Å². The Kier molecular flexibility index (Phi) is 4.17. The quantitative estimate of drug-likeness (QED) is 0.638. The van der Waals surface area contributed by atoms with E-state index in [1.165, 1.54) is 25.3 Å². The number of methoxy groups -OCH3 is 1. The zero-order chi connectivity index (χ0) is 19.1. The molecule has 0 aliphatic carbocycles. The van der Waals surface area contributed by atoms with Crippen molar-refractivity contribution >= 4 is 5.65 Å². The van der Waals surface area contributed by atoms with Gasteiger partial charge in [0.15, 0.2) is 5.65 Å². The number of benzene rings is 1. The Morgan fingerprint density at radius 1 is 0.962 bits per heavy atom. The van der Waals surface area contributed by atoms with Gasteiger partial charge in [0, 0.05) is 17.8 Å². The highest BCUT2D eigenvalue weighted by Crippen LogP contribution is 2.35. The number of fused-ring (bicyclic) bond motifs is 1. The van der Waals surface area contributed by atoms with Crippen LogP contribution >= 0.6 is 0 Å². The molecule has 0 amide bonds. The average Bonchev–Trinajstić information content (AvgIpc) is 2.96. The molecule has 0 radical (unpaired) electrons. The molecule has 0 unspecified atom stereocenters. The summed E-state index contributed by atoms with van der Waals surface area (Å²) >= 11 is 0. The third kappa shape index (κ3) is 3.51. The number of hydrogen-bond acceptors (Lipinski definition) is 4. The summed E-state index contributed by atoms with van der Waals surface area (Å²) in [6.45, 7) is 0. The van der Waals surface area contributed by atoms with Crippen molar-refractivity contribution < 1.29 is 35.8 Å². The maximum absolute atomic E-state index is 13.0. The number of nitrogens with zero attached hydrogens (tertiary/aromatic N) is 3. The Morgan fingerprint density at radius 2 is 1.62 bits per heavy atom. The molecule has 3 aromatic rings. The normalized spacial score (nSPS) is 12.4. The zero-order valence-electron chi connectivity index (χ0n) is 12.9. The van der Waals surface area contributed by atoms with E-state index in [2.05, 4.69) is 14.9 Å². The molecule has 0 bridgehead atoms. The van der Waals surface area contributed by atoms with Gasteiger partial charge in [0.05, 0.1) is 7.11 Å². The maximum atomic E-state index is 13.0. The first-order valence-electron chi connectivity index (χ1n) is 6.94. The molecule has 0 fully saturated rings. The van der Waals surface area contributed by atoms with Crippen LogP contribution in [-0.4, -0.2) is 28.1 Å². The van der Waals surface area contributed by atoms with Crippen molar-refractivity contribution in [1.29, 1.82) is 0 Å². The fraction of sp³-hybridized carbons (Fsp3) is 0.200. The van der Waals surface area contributed by atoms with E-state index in [9.17, 15) is 26.3 Å². The smallest absolute Gasteiger partial charge is 0.496 e. The largest absolute Gasteiger partial charge is 0.573 e. The van der Waals surface area contributed by atoms with Crippen LogP contribution in [0, 0.1) is 0 Å². The highest BCUT2D eigenvalue weighted by molar-refractivity contribution is 5.72. The van der Waals surface area contributed by atoms with E-state index >= 15 is 0 Å². The fourth-order valence-corrected chi connectivity index (χ4v) is 2.33. The predicted octanol–water partition coefficient (Wildman–Crippen LogP) is 4.32. The van der Waals surface area contributed by atoms with E-state index in [-0.39, 0.29) is 17.0 Å². The van der Waals surface area contributed by atoms with E-state index in [1.807, 2.05) is 0 Å². The van der Waals surface area contributed by atoms with Gasteiger partial charge in [-0.25, -0.2) is 0 Å². The standard InChI is InChI=1S/C15H9F6N3O2/c1-25-11-6-12-22-23-13(14(16,17)18)24(12)7-10(11)8-2-4-9(5-3-8)26-15(19,20)21/h2-7H,1H3. The van der Waals surface area contributed by atoms with Crippen LogP contribution in [0.2, 0.25) is 0 Å². The van der Waals surface area contributed by atoms with Crippen LogP contribution in [0.5, 0.6) is 11.5 Å². The first kappa shape index (κ1) is 17.8. The number of aromatic nitrogens is 3. The van der Waals surface area contributed by atoms with Crippen molar-refractivity contribution in [2.24, 2.45) is 0 Å². The van der Waals surface area contributed by atoms with Crippen LogP contribution in [0.15, 0.2) is 36.5 Å². The molecule has 1 aromatic carbocycles. The average molecular weight is 377 g/mol. The molecule has 0 aliphatic rings. The van der Waals surface area contributed by atoms with E-state index in [1.54, 1.807) is 0 Å². The Bertz CT molecular complexity index is 931. The lowest BCUT2D eigenvalue weighted by molar-refractivity contribution is -0.274. The van der Waals surface area contributed by atoms with Crippen LogP contribution < -0.4 is 9.47 Å². The monoisotopic (exact) mass is 377 g/mol. The Labute approximate surface area is 141 Å². The van der Waals surface area contributed by atoms with Crippen LogP contribution in [0.4, 0.5) is 26.3 Å². The molecular weight excluding hydrogens is 368 g/mol. The van der Waals surface area contributed by atoms with Crippen LogP contribution in [0.1, 0.15) is 5.82 Å². The van der Waals surface area contributed by atoms with Gasteiger partial charge in [0.25, 0.3) is 0 Å². The maximum Gasteiger partial charge on any atom is 0.573 e. The molecule has 3 rings (SSSR count). The van der Waals surface area contributed by atoms with Crippen molar-refractivity contribution in [3.63, 3.8) is 0 Å². The van der Waals surface area contributed by atoms with Crippen LogP contribution in [0.25, 0.3) is 16.8 Å². The molecule has 0 saturated carbocycles. The molecule has 2 aromatic heterocycles. The fourth-order valence-electron chi connectivity index (χ4n) is 2.33. The van der Waals surface area contributed by atoms with Gasteiger partial charge < -0.3 is 9.47 Å². The molecule has 26 heavy (non-hydrogen) atoms. The highest BCUT2D eigenvalue weighted by Gasteiger charge is 2.37. The molecule has 5 nitrogen and oxygen atoms in total. The minimum atomic E-state index is -4.85. The topological polar surface area (TPSA) is 48.7 Å². The van der Waals surface area contributed by atoms with Gasteiger partial charge in [0.1, 0.15) is 11.5 Å². The lowest BCUT2D eigenvalue weighted by Crippen LogP contribution is -2.16. The summed E-state index contributed by atoms with van der Waals surface area (Å²) in [5.74, 6) is -1.50. The van der Waals surface area contributed by atoms with E-state index in [4.69, 9.17) is 4.74 Å². The molecule has 0 aliphatic heterocycles. The van der Waals surface area contributed by atoms with E-state index in [0.717, 1.165) is 22.7 Å². The van der Waals surface area contributed by atoms with Crippen molar-refractivity contribution in [2.75, 3.05) is 7.11 Å². The summed E-state index contributed by atoms with van der Waals surface area (Å²) in [7, 11) is 1.30. The molecule has 2 heterocycles. The lowest BCUT2D eigenvalue weighted by Gasteiger charge is -2.12. The summed E-state index contributed by atoms with van der Waals surface area (Å²) < 4.78 is 85.3. The molecule has 0 N–H and O–H groups in total. The summed E-state index contributed by atoms with van der Waals surface area (Å²) in [6, 6.07) is 5.87. The second-order valence-corrected chi connectivity index (χ2v) is 5.08. The second kappa shape index (κ2) is 6.07. The van der Waals surface area contributed by atoms with Gasteiger partial charge >= 0.3 is 12.5 Å². The van der Waals surface area contributed by atoms with Crippen LogP contribution in [-0.2, 0) is 6.18 Å². The van der Waals surface area contributed by atoms with Gasteiger partial charge in [-0.3, -0.25) is 4.40 Å². The summed E-state index contributed by atoms with van der Waals surface area (Å²) in [5.41, 5.74) is 0.443. The number of pyridine rings is 1. The first-order chi connectivity index (χ1) is 12.1. The first-order valence-corrected chi connectivity index (χ1v) is 6.94. The molecule has 11 heteroatoms. The summed E-state index contributed by atoms with van der Waals surface area (Å²) in [4.78, 5) is 0. The minimum absolute atomic E-state index is 0.0880. The SMILES string of the molecule is COc1cc2nnc(C(F)(F)F)n2cc1-c1ccc(OC(F)(F)F)cc1. The Hall–Kier alpha value is -2.98. The van der Waals surface area contributed by atoms with Crippen molar-refractivity contribution in [3.8, 4) is 22.6 Å². The van der Waals surface area contributed by atoms with Gasteiger partial charge in [0.2, 0.25) is 5.82 Å². The Morgan fingerprint density at radius 3 is 2.15 bits per heavy atom. The Balaban J connectivity index is 2.08. The lowest BCUT2D eigenvalue weighted by atomic mass is 10.1. The summed E-state index contributed by atoms with van der Waals surface area (Å²) in [6.07, 6.45) is -8.46. The number of hydrogen-bond donors (Lipinski definition) is 0. The molecule has 138 valence electrons. The van der Waals surface area contributed by atoms with Gasteiger partial charge in [-0.15, -0.1) is 23.4 Å². The predicted molar refractivity (Wildman–Crippen MR) is 76.7 cm³/mol. The second-order valence-electron chi connectivity index (χ2n) is 5.08. The molecule has 0 atom stereocenters. The van der Waals surface area contributed by atoms with E-state index in [0.29, 0.717) is 5.56 Å². The minimum Gasteiger partial charge on any atom is -0.496 e. The molecular formula is C15H9F6N3O2. The summed E-state index contributed by atoms with van der Waals surface area (Å²) in [5, 5.41) is 6.57. The van der Waals surface area contributed by atoms with Gasteiger partial charge in [-0.05, 0) is 17.7 Å². The third-order valence-electron chi connectivity index (χ3n) is 3.38. The number of rotatable bonds is 3. The molecule has 0 spiro atoms. The van der Waals surface area contributed by atoms with E-state index < -0.39 is 24.1 Å². The third-order valence-corrected chi connectivity index (χ3v) is 3.38. The zero-order valence-corrected chi connectivity index (χ0v) is 12.9. The van der Waals surface area contributed by atoms with Gasteiger partial charge in [-0.1, -0.05) is 12.1 Å². The number of ether oxygens (including phenoxy) is 2.